The molecule has 1 aromatic rings. The molecule has 9 heteroatoms. The molecule has 1 amide bonds. The van der Waals surface area contributed by atoms with Gasteiger partial charge < -0.3 is 10.1 Å². The number of nitrogens with one attached hydrogen (secondary N) is 1. The average Bonchev–Trinajstić information content (AvgIpc) is 2.65. The molecule has 1 heterocycles. The van der Waals surface area contributed by atoms with Crippen LogP contribution < -0.4 is 5.32 Å². The maximum absolute atomic E-state index is 12.7. The third-order valence-electron chi connectivity index (χ3n) is 4.50. The number of rotatable bonds is 7. The third kappa shape index (κ3) is 5.62. The highest BCUT2D eigenvalue weighted by atomic mass is 32.2. The van der Waals surface area contributed by atoms with E-state index in [0.29, 0.717) is 18.4 Å². The van der Waals surface area contributed by atoms with Crippen molar-refractivity contribution in [2.75, 3.05) is 19.6 Å². The van der Waals surface area contributed by atoms with Crippen molar-refractivity contribution < 1.29 is 27.5 Å². The minimum absolute atomic E-state index is 0.122. The standard InChI is InChI=1S/C19H26N2O6S/c1-13(2)27-18(23)12-20-19(24)16-8-10-21(11-9-16)28(25,26)17-6-4-15(5-7-17)14(3)22/h4-7,13,16H,8-12H2,1-3H3,(H,20,24). The molecule has 28 heavy (non-hydrogen) atoms. The zero-order valence-corrected chi connectivity index (χ0v) is 17.1. The highest BCUT2D eigenvalue weighted by Gasteiger charge is 2.32. The lowest BCUT2D eigenvalue weighted by Crippen LogP contribution is -2.44. The van der Waals surface area contributed by atoms with E-state index in [1.54, 1.807) is 13.8 Å². The molecule has 1 saturated heterocycles. The number of carbonyl (C=O) groups excluding carboxylic acids is 3. The molecule has 1 N–H and O–H groups in total. The third-order valence-corrected chi connectivity index (χ3v) is 6.41. The number of ketones is 1. The molecular weight excluding hydrogens is 384 g/mol. The normalized spacial score (nSPS) is 16.0. The highest BCUT2D eigenvalue weighted by molar-refractivity contribution is 7.89. The number of esters is 1. The molecule has 0 spiro atoms. The van der Waals surface area contributed by atoms with Gasteiger partial charge in [-0.2, -0.15) is 4.31 Å². The number of nitrogens with zero attached hydrogens (tertiary/aromatic N) is 1. The first-order valence-corrected chi connectivity index (χ1v) is 10.6. The number of Topliss-reactive ketones (excluding diaryl/α,β-unsaturated/α-hetero) is 1. The van der Waals surface area contributed by atoms with Crippen molar-refractivity contribution in [1.29, 1.82) is 0 Å². The second-order valence-electron chi connectivity index (χ2n) is 7.02. The first kappa shape index (κ1) is 22.0. The summed E-state index contributed by atoms with van der Waals surface area (Å²) in [5.74, 6) is -1.26. The van der Waals surface area contributed by atoms with Crippen molar-refractivity contribution in [2.24, 2.45) is 5.92 Å². The van der Waals surface area contributed by atoms with Crippen molar-refractivity contribution in [2.45, 2.75) is 44.6 Å². The molecule has 0 atom stereocenters. The van der Waals surface area contributed by atoms with Gasteiger partial charge in [0.1, 0.15) is 6.54 Å². The molecule has 0 bridgehead atoms. The van der Waals surface area contributed by atoms with Crippen LogP contribution in [0.2, 0.25) is 0 Å². The van der Waals surface area contributed by atoms with Crippen LogP contribution in [0.25, 0.3) is 0 Å². The van der Waals surface area contributed by atoms with E-state index in [2.05, 4.69) is 5.32 Å². The van der Waals surface area contributed by atoms with E-state index in [0.717, 1.165) is 0 Å². The zero-order valence-electron chi connectivity index (χ0n) is 16.3. The van der Waals surface area contributed by atoms with E-state index < -0.39 is 16.0 Å². The van der Waals surface area contributed by atoms with E-state index >= 15 is 0 Å². The first-order valence-electron chi connectivity index (χ1n) is 9.19. The van der Waals surface area contributed by atoms with Gasteiger partial charge in [0.05, 0.1) is 11.0 Å². The van der Waals surface area contributed by atoms with Crippen LogP contribution in [0.15, 0.2) is 29.2 Å². The number of carbonyl (C=O) groups is 3. The van der Waals surface area contributed by atoms with Crippen molar-refractivity contribution in [3.8, 4) is 0 Å². The second-order valence-corrected chi connectivity index (χ2v) is 8.95. The summed E-state index contributed by atoms with van der Waals surface area (Å²) in [6.07, 6.45) is 0.494. The summed E-state index contributed by atoms with van der Waals surface area (Å²) in [7, 11) is -3.68. The Bertz CT molecular complexity index is 824. The van der Waals surface area contributed by atoms with Gasteiger partial charge in [0.25, 0.3) is 0 Å². The van der Waals surface area contributed by atoms with Crippen molar-refractivity contribution in [3.63, 3.8) is 0 Å². The molecule has 1 aromatic carbocycles. The molecule has 0 saturated carbocycles. The maximum Gasteiger partial charge on any atom is 0.325 e. The van der Waals surface area contributed by atoms with Crippen LogP contribution in [0.5, 0.6) is 0 Å². The topological polar surface area (TPSA) is 110 Å². The Morgan fingerprint density at radius 2 is 1.71 bits per heavy atom. The van der Waals surface area contributed by atoms with E-state index in [1.807, 2.05) is 0 Å². The van der Waals surface area contributed by atoms with Gasteiger partial charge in [-0.15, -0.1) is 0 Å². The van der Waals surface area contributed by atoms with Crippen LogP contribution in [-0.2, 0) is 24.3 Å². The lowest BCUT2D eigenvalue weighted by molar-refractivity contribution is -0.147. The van der Waals surface area contributed by atoms with Gasteiger partial charge in [0.15, 0.2) is 5.78 Å². The molecule has 0 unspecified atom stereocenters. The molecule has 0 radical (unpaired) electrons. The Morgan fingerprint density at radius 3 is 2.21 bits per heavy atom. The van der Waals surface area contributed by atoms with Crippen LogP contribution in [0.3, 0.4) is 0 Å². The predicted molar refractivity (Wildman–Crippen MR) is 102 cm³/mol. The highest BCUT2D eigenvalue weighted by Crippen LogP contribution is 2.24. The van der Waals surface area contributed by atoms with Gasteiger partial charge in [-0.05, 0) is 45.7 Å². The van der Waals surface area contributed by atoms with Crippen LogP contribution in [0, 0.1) is 5.92 Å². The molecule has 0 aromatic heterocycles. The van der Waals surface area contributed by atoms with Crippen LogP contribution >= 0.6 is 0 Å². The van der Waals surface area contributed by atoms with Crippen molar-refractivity contribution in [3.05, 3.63) is 29.8 Å². The number of amides is 1. The monoisotopic (exact) mass is 410 g/mol. The van der Waals surface area contributed by atoms with Gasteiger partial charge in [-0.1, -0.05) is 12.1 Å². The number of hydrogen-bond donors (Lipinski definition) is 1. The maximum atomic E-state index is 12.7. The minimum atomic E-state index is -3.68. The number of piperidine rings is 1. The van der Waals surface area contributed by atoms with Crippen LogP contribution in [-0.4, -0.2) is 56.1 Å². The fourth-order valence-corrected chi connectivity index (χ4v) is 4.45. The molecule has 1 aliphatic heterocycles. The van der Waals surface area contributed by atoms with Crippen molar-refractivity contribution in [1.82, 2.24) is 9.62 Å². The summed E-state index contributed by atoms with van der Waals surface area (Å²) >= 11 is 0. The van der Waals surface area contributed by atoms with E-state index in [1.165, 1.54) is 35.5 Å². The molecule has 154 valence electrons. The Kier molecular flexibility index (Phi) is 7.31. The van der Waals surface area contributed by atoms with Gasteiger partial charge in [-0.3, -0.25) is 14.4 Å². The molecular formula is C19H26N2O6S. The summed E-state index contributed by atoms with van der Waals surface area (Å²) in [5, 5.41) is 2.55. The number of sulfonamides is 1. The van der Waals surface area contributed by atoms with Crippen molar-refractivity contribution >= 4 is 27.7 Å². The smallest absolute Gasteiger partial charge is 0.325 e. The summed E-state index contributed by atoms with van der Waals surface area (Å²) in [4.78, 5) is 35.1. The van der Waals surface area contributed by atoms with E-state index in [9.17, 15) is 22.8 Å². The van der Waals surface area contributed by atoms with E-state index in [-0.39, 0.29) is 48.2 Å². The van der Waals surface area contributed by atoms with Gasteiger partial charge in [0, 0.05) is 24.6 Å². The Hall–Kier alpha value is -2.26. The van der Waals surface area contributed by atoms with Crippen LogP contribution in [0.4, 0.5) is 0 Å². The number of benzene rings is 1. The van der Waals surface area contributed by atoms with E-state index in [4.69, 9.17) is 4.74 Å². The Balaban J connectivity index is 1.90. The average molecular weight is 410 g/mol. The molecule has 1 fully saturated rings. The second kappa shape index (κ2) is 9.29. The quantitative estimate of drug-likeness (QED) is 0.537. The minimum Gasteiger partial charge on any atom is -0.462 e. The largest absolute Gasteiger partial charge is 0.462 e. The first-order chi connectivity index (χ1) is 13.1. The van der Waals surface area contributed by atoms with Gasteiger partial charge >= 0.3 is 5.97 Å². The SMILES string of the molecule is CC(=O)c1ccc(S(=O)(=O)N2CCC(C(=O)NCC(=O)OC(C)C)CC2)cc1. The summed E-state index contributed by atoms with van der Waals surface area (Å²) in [6.45, 7) is 5.10. The molecule has 0 aliphatic carbocycles. The molecule has 2 rings (SSSR count). The Morgan fingerprint density at radius 1 is 1.14 bits per heavy atom. The zero-order chi connectivity index (χ0) is 20.9. The number of ether oxygens (including phenoxy) is 1. The van der Waals surface area contributed by atoms with Gasteiger partial charge in [0.2, 0.25) is 15.9 Å². The summed E-state index contributed by atoms with van der Waals surface area (Å²) in [6, 6.07) is 5.83. The summed E-state index contributed by atoms with van der Waals surface area (Å²) < 4.78 is 31.8. The predicted octanol–water partition coefficient (Wildman–Crippen LogP) is 1.36. The van der Waals surface area contributed by atoms with Crippen LogP contribution in [0.1, 0.15) is 44.0 Å². The Labute approximate surface area is 165 Å². The summed E-state index contributed by atoms with van der Waals surface area (Å²) in [5.41, 5.74) is 0.449. The lowest BCUT2D eigenvalue weighted by Gasteiger charge is -2.30. The molecule has 8 nitrogen and oxygen atoms in total. The lowest BCUT2D eigenvalue weighted by atomic mass is 9.97. The number of hydrogen-bond acceptors (Lipinski definition) is 6. The fourth-order valence-electron chi connectivity index (χ4n) is 2.98. The fraction of sp³-hybridized carbons (Fsp3) is 0.526. The van der Waals surface area contributed by atoms with Gasteiger partial charge in [-0.25, -0.2) is 8.42 Å². The molecule has 1 aliphatic rings.